The molecule has 2 aromatic rings. The maximum atomic E-state index is 12.8. The van der Waals surface area contributed by atoms with Crippen LogP contribution >= 0.6 is 0 Å². The van der Waals surface area contributed by atoms with Crippen LogP contribution in [0.5, 0.6) is 0 Å². The molecule has 0 saturated carbocycles. The quantitative estimate of drug-likeness (QED) is 0.808. The number of nitrogens with zero attached hydrogens (tertiary/aromatic N) is 2. The lowest BCUT2D eigenvalue weighted by atomic mass is 10.3. The van der Waals surface area contributed by atoms with E-state index in [0.717, 1.165) is 11.5 Å². The Hall–Kier alpha value is -2.43. The van der Waals surface area contributed by atoms with Crippen LogP contribution in [-0.2, 0) is 0 Å². The highest BCUT2D eigenvalue weighted by Crippen LogP contribution is 2.17. The fourth-order valence-electron chi connectivity index (χ4n) is 1.58. The zero-order chi connectivity index (χ0) is 13.7. The van der Waals surface area contributed by atoms with Gasteiger partial charge in [0.15, 0.2) is 0 Å². The molecule has 0 spiro atoms. The third-order valence-electron chi connectivity index (χ3n) is 2.38. The molecule has 0 fully saturated rings. The molecule has 1 aromatic carbocycles. The molecule has 19 heavy (non-hydrogen) atoms. The lowest BCUT2D eigenvalue weighted by molar-refractivity contribution is 0.628. The summed E-state index contributed by atoms with van der Waals surface area (Å²) in [6, 6.07) is 7.90. The number of aromatic nitrogens is 2. The highest BCUT2D eigenvalue weighted by atomic mass is 19.1. The van der Waals surface area contributed by atoms with Gasteiger partial charge in [0.25, 0.3) is 0 Å². The largest absolute Gasteiger partial charge is 0.366 e. The minimum absolute atomic E-state index is 0.266. The van der Waals surface area contributed by atoms with Gasteiger partial charge in [-0.05, 0) is 31.2 Å². The minimum Gasteiger partial charge on any atom is -0.366 e. The molecule has 0 saturated heterocycles. The molecule has 0 amide bonds. The Morgan fingerprint density at radius 1 is 1.21 bits per heavy atom. The normalized spacial score (nSPS) is 10.0. The van der Waals surface area contributed by atoms with Crippen molar-refractivity contribution in [1.29, 1.82) is 0 Å². The van der Waals surface area contributed by atoms with E-state index in [9.17, 15) is 4.39 Å². The number of benzene rings is 1. The number of halogens is 1. The smallest absolute Gasteiger partial charge is 0.136 e. The van der Waals surface area contributed by atoms with Crippen molar-refractivity contribution >= 4 is 17.3 Å². The number of nitrogens with one attached hydrogen (secondary N) is 2. The lowest BCUT2D eigenvalue weighted by Crippen LogP contribution is -2.04. The SMILES string of the molecule is C=CCNc1cc(Nc2ccc(F)cc2)nc(C)n1. The molecule has 0 bridgehead atoms. The number of aryl methyl sites for hydroxylation is 1. The first-order valence-corrected chi connectivity index (χ1v) is 5.90. The maximum Gasteiger partial charge on any atom is 0.136 e. The van der Waals surface area contributed by atoms with Crippen LogP contribution in [0.3, 0.4) is 0 Å². The molecule has 0 radical (unpaired) electrons. The van der Waals surface area contributed by atoms with E-state index in [0.29, 0.717) is 18.2 Å². The summed E-state index contributed by atoms with van der Waals surface area (Å²) >= 11 is 0. The van der Waals surface area contributed by atoms with Crippen LogP contribution in [0.2, 0.25) is 0 Å². The Morgan fingerprint density at radius 2 is 1.89 bits per heavy atom. The van der Waals surface area contributed by atoms with Gasteiger partial charge < -0.3 is 10.6 Å². The molecule has 2 N–H and O–H groups in total. The van der Waals surface area contributed by atoms with Crippen LogP contribution in [-0.4, -0.2) is 16.5 Å². The van der Waals surface area contributed by atoms with E-state index in [2.05, 4.69) is 27.2 Å². The van der Waals surface area contributed by atoms with Gasteiger partial charge in [0.2, 0.25) is 0 Å². The molecular weight excluding hydrogens is 243 g/mol. The van der Waals surface area contributed by atoms with Crippen LogP contribution in [0.25, 0.3) is 0 Å². The number of hydrogen-bond acceptors (Lipinski definition) is 4. The number of hydrogen-bond donors (Lipinski definition) is 2. The molecule has 0 atom stereocenters. The lowest BCUT2D eigenvalue weighted by Gasteiger charge is -2.09. The van der Waals surface area contributed by atoms with E-state index in [1.165, 1.54) is 12.1 Å². The van der Waals surface area contributed by atoms with Gasteiger partial charge in [0, 0.05) is 18.3 Å². The van der Waals surface area contributed by atoms with Crippen molar-refractivity contribution in [3.63, 3.8) is 0 Å². The van der Waals surface area contributed by atoms with Gasteiger partial charge in [-0.3, -0.25) is 0 Å². The predicted molar refractivity (Wildman–Crippen MR) is 75.1 cm³/mol. The van der Waals surface area contributed by atoms with E-state index in [4.69, 9.17) is 0 Å². The fourth-order valence-corrected chi connectivity index (χ4v) is 1.58. The Balaban J connectivity index is 2.17. The van der Waals surface area contributed by atoms with Crippen LogP contribution in [0, 0.1) is 12.7 Å². The van der Waals surface area contributed by atoms with E-state index in [1.54, 1.807) is 24.3 Å². The van der Waals surface area contributed by atoms with E-state index >= 15 is 0 Å². The maximum absolute atomic E-state index is 12.8. The summed E-state index contributed by atoms with van der Waals surface area (Å²) in [5, 5.41) is 6.21. The average molecular weight is 258 g/mol. The zero-order valence-corrected chi connectivity index (χ0v) is 10.7. The van der Waals surface area contributed by atoms with Crippen LogP contribution in [0.4, 0.5) is 21.7 Å². The molecule has 0 aliphatic heterocycles. The van der Waals surface area contributed by atoms with Crippen molar-refractivity contribution in [2.24, 2.45) is 0 Å². The molecule has 0 aliphatic carbocycles. The minimum atomic E-state index is -0.266. The highest BCUT2D eigenvalue weighted by Gasteiger charge is 2.02. The third kappa shape index (κ3) is 3.77. The van der Waals surface area contributed by atoms with Crippen molar-refractivity contribution in [1.82, 2.24) is 9.97 Å². The van der Waals surface area contributed by atoms with Crippen LogP contribution in [0.15, 0.2) is 43.0 Å². The van der Waals surface area contributed by atoms with Gasteiger partial charge >= 0.3 is 0 Å². The Bertz CT molecular complexity index is 566. The van der Waals surface area contributed by atoms with E-state index in [1.807, 2.05) is 6.92 Å². The topological polar surface area (TPSA) is 49.8 Å². The van der Waals surface area contributed by atoms with Gasteiger partial charge in [-0.2, -0.15) is 0 Å². The summed E-state index contributed by atoms with van der Waals surface area (Å²) in [6.07, 6.45) is 1.75. The first-order chi connectivity index (χ1) is 9.17. The Morgan fingerprint density at radius 3 is 2.58 bits per heavy atom. The second kappa shape index (κ2) is 5.95. The zero-order valence-electron chi connectivity index (χ0n) is 10.7. The molecule has 0 aliphatic rings. The molecule has 1 aromatic heterocycles. The second-order valence-electron chi connectivity index (χ2n) is 3.99. The van der Waals surface area contributed by atoms with Crippen LogP contribution < -0.4 is 10.6 Å². The second-order valence-corrected chi connectivity index (χ2v) is 3.99. The summed E-state index contributed by atoms with van der Waals surface area (Å²) in [4.78, 5) is 8.53. The number of rotatable bonds is 5. The molecule has 5 heteroatoms. The van der Waals surface area contributed by atoms with Gasteiger partial charge in [-0.25, -0.2) is 14.4 Å². The molecule has 4 nitrogen and oxygen atoms in total. The van der Waals surface area contributed by atoms with Crippen molar-refractivity contribution in [2.45, 2.75) is 6.92 Å². The van der Waals surface area contributed by atoms with Crippen molar-refractivity contribution < 1.29 is 4.39 Å². The standard InChI is InChI=1S/C14H15FN4/c1-3-8-16-13-9-14(18-10(2)17-13)19-12-6-4-11(15)5-7-12/h3-7,9H,1,8H2,2H3,(H2,16,17,18,19). The van der Waals surface area contributed by atoms with Crippen molar-refractivity contribution in [3.8, 4) is 0 Å². The Labute approximate surface area is 111 Å². The summed E-state index contributed by atoms with van der Waals surface area (Å²) in [7, 11) is 0. The molecule has 0 unspecified atom stereocenters. The van der Waals surface area contributed by atoms with Gasteiger partial charge in [-0.1, -0.05) is 6.08 Å². The average Bonchev–Trinajstić information content (AvgIpc) is 2.38. The molecule has 1 heterocycles. The Kier molecular flexibility index (Phi) is 4.07. The fraction of sp³-hybridized carbons (Fsp3) is 0.143. The van der Waals surface area contributed by atoms with Crippen LogP contribution in [0.1, 0.15) is 5.82 Å². The first-order valence-electron chi connectivity index (χ1n) is 5.90. The third-order valence-corrected chi connectivity index (χ3v) is 2.38. The van der Waals surface area contributed by atoms with E-state index in [-0.39, 0.29) is 5.82 Å². The molecular formula is C14H15FN4. The summed E-state index contributed by atoms with van der Waals surface area (Å²) < 4.78 is 12.8. The monoisotopic (exact) mass is 258 g/mol. The first kappa shape index (κ1) is 13.0. The summed E-state index contributed by atoms with van der Waals surface area (Å²) in [5.41, 5.74) is 0.772. The molecule has 98 valence electrons. The van der Waals surface area contributed by atoms with Crippen molar-refractivity contribution in [3.05, 3.63) is 54.6 Å². The van der Waals surface area contributed by atoms with Crippen molar-refractivity contribution in [2.75, 3.05) is 17.2 Å². The van der Waals surface area contributed by atoms with Gasteiger partial charge in [0.05, 0.1) is 0 Å². The molecule has 2 rings (SSSR count). The van der Waals surface area contributed by atoms with E-state index < -0.39 is 0 Å². The number of anilines is 3. The van der Waals surface area contributed by atoms with Gasteiger partial charge in [0.1, 0.15) is 23.3 Å². The summed E-state index contributed by atoms with van der Waals surface area (Å²) in [6.45, 7) is 6.09. The summed E-state index contributed by atoms with van der Waals surface area (Å²) in [5.74, 6) is 1.76. The predicted octanol–water partition coefficient (Wildman–Crippen LogP) is 3.27. The highest BCUT2D eigenvalue weighted by molar-refractivity contribution is 5.59. The van der Waals surface area contributed by atoms with Gasteiger partial charge in [-0.15, -0.1) is 6.58 Å².